The number of hydrogen-bond acceptors (Lipinski definition) is 4. The number of nitrogens with one attached hydrogen (secondary N) is 1. The summed E-state index contributed by atoms with van der Waals surface area (Å²) < 4.78 is 0. The zero-order valence-corrected chi connectivity index (χ0v) is 10.7. The molecule has 17 heavy (non-hydrogen) atoms. The molecule has 0 radical (unpaired) electrons. The summed E-state index contributed by atoms with van der Waals surface area (Å²) in [7, 11) is 0. The van der Waals surface area contributed by atoms with E-state index < -0.39 is 0 Å². The van der Waals surface area contributed by atoms with Crippen molar-refractivity contribution in [1.82, 2.24) is 10.4 Å². The van der Waals surface area contributed by atoms with Gasteiger partial charge in [-0.25, -0.2) is 0 Å². The molecule has 1 unspecified atom stereocenters. The van der Waals surface area contributed by atoms with Crippen molar-refractivity contribution in [3.8, 4) is 0 Å². The van der Waals surface area contributed by atoms with E-state index in [1.165, 1.54) is 9.75 Å². The second-order valence-corrected chi connectivity index (χ2v) is 5.15. The van der Waals surface area contributed by atoms with Gasteiger partial charge in [-0.15, -0.1) is 11.3 Å². The molecule has 0 bridgehead atoms. The number of pyridine rings is 1. The van der Waals surface area contributed by atoms with Crippen molar-refractivity contribution in [2.45, 2.75) is 25.8 Å². The molecule has 2 aromatic heterocycles. The summed E-state index contributed by atoms with van der Waals surface area (Å²) in [6, 6.07) is 10.3. The topological polar surface area (TPSA) is 50.9 Å². The Balaban J connectivity index is 2.10. The third-order valence-corrected chi connectivity index (χ3v) is 3.97. The average Bonchev–Trinajstić information content (AvgIpc) is 2.84. The maximum absolute atomic E-state index is 5.61. The van der Waals surface area contributed by atoms with Gasteiger partial charge in [0.25, 0.3) is 0 Å². The van der Waals surface area contributed by atoms with Crippen molar-refractivity contribution in [3.05, 3.63) is 52.0 Å². The van der Waals surface area contributed by atoms with Crippen LogP contribution in [0.5, 0.6) is 0 Å². The summed E-state index contributed by atoms with van der Waals surface area (Å²) in [6.45, 7) is 2.17. The number of nitrogens with zero attached hydrogens (tertiary/aromatic N) is 1. The van der Waals surface area contributed by atoms with Crippen molar-refractivity contribution in [2.24, 2.45) is 5.84 Å². The average molecular weight is 247 g/mol. The van der Waals surface area contributed by atoms with Crippen LogP contribution in [0.15, 0.2) is 36.5 Å². The summed E-state index contributed by atoms with van der Waals surface area (Å²) in [5, 5.41) is 0. The van der Waals surface area contributed by atoms with Crippen molar-refractivity contribution in [2.75, 3.05) is 0 Å². The van der Waals surface area contributed by atoms with E-state index in [2.05, 4.69) is 29.5 Å². The molecule has 0 aliphatic heterocycles. The molecule has 0 aliphatic carbocycles. The number of hydrogen-bond donors (Lipinski definition) is 2. The second kappa shape index (κ2) is 5.91. The van der Waals surface area contributed by atoms with Crippen LogP contribution in [0.4, 0.5) is 0 Å². The summed E-state index contributed by atoms with van der Waals surface area (Å²) >= 11 is 1.85. The van der Waals surface area contributed by atoms with Crippen LogP contribution in [0, 0.1) is 0 Å². The first-order valence-electron chi connectivity index (χ1n) is 5.78. The molecule has 2 rings (SSSR count). The standard InChI is InChI=1S/C13H17N3S/c1-2-10-6-7-11(17-10)9-13(16-14)12-5-3-4-8-15-12/h3-8,13,16H,2,9,14H2,1H3. The molecule has 4 heteroatoms. The van der Waals surface area contributed by atoms with E-state index >= 15 is 0 Å². The van der Waals surface area contributed by atoms with Crippen LogP contribution >= 0.6 is 11.3 Å². The fourth-order valence-corrected chi connectivity index (χ4v) is 2.76. The molecule has 90 valence electrons. The molecule has 2 heterocycles. The summed E-state index contributed by atoms with van der Waals surface area (Å²) in [5.41, 5.74) is 3.83. The van der Waals surface area contributed by atoms with E-state index in [1.807, 2.05) is 29.5 Å². The highest BCUT2D eigenvalue weighted by atomic mass is 32.1. The van der Waals surface area contributed by atoms with Gasteiger partial charge in [0.05, 0.1) is 11.7 Å². The monoisotopic (exact) mass is 247 g/mol. The number of rotatable bonds is 5. The molecule has 0 fully saturated rings. The second-order valence-electron chi connectivity index (χ2n) is 3.90. The third-order valence-electron chi connectivity index (χ3n) is 2.72. The van der Waals surface area contributed by atoms with Gasteiger partial charge in [0.1, 0.15) is 0 Å². The van der Waals surface area contributed by atoms with Crippen LogP contribution in [0.25, 0.3) is 0 Å². The van der Waals surface area contributed by atoms with Crippen LogP contribution in [0.1, 0.15) is 28.4 Å². The van der Waals surface area contributed by atoms with Gasteiger partial charge in [0, 0.05) is 22.4 Å². The molecule has 0 spiro atoms. The highest BCUT2D eigenvalue weighted by Gasteiger charge is 2.12. The lowest BCUT2D eigenvalue weighted by Crippen LogP contribution is -2.29. The van der Waals surface area contributed by atoms with Crippen LogP contribution in [0.3, 0.4) is 0 Å². The van der Waals surface area contributed by atoms with Crippen LogP contribution < -0.4 is 11.3 Å². The number of aryl methyl sites for hydroxylation is 1. The molecular formula is C13H17N3S. The first-order valence-corrected chi connectivity index (χ1v) is 6.59. The lowest BCUT2D eigenvalue weighted by Gasteiger charge is -2.13. The van der Waals surface area contributed by atoms with Crippen molar-refractivity contribution >= 4 is 11.3 Å². The minimum absolute atomic E-state index is 0.0829. The Bertz CT molecular complexity index is 453. The zero-order valence-electron chi connectivity index (χ0n) is 9.89. The lowest BCUT2D eigenvalue weighted by molar-refractivity contribution is 0.542. The van der Waals surface area contributed by atoms with Crippen LogP contribution in [0.2, 0.25) is 0 Å². The van der Waals surface area contributed by atoms with E-state index in [9.17, 15) is 0 Å². The molecular weight excluding hydrogens is 230 g/mol. The van der Waals surface area contributed by atoms with Gasteiger partial charge in [0.15, 0.2) is 0 Å². The first kappa shape index (κ1) is 12.2. The maximum Gasteiger partial charge on any atom is 0.0680 e. The van der Waals surface area contributed by atoms with Crippen molar-refractivity contribution in [3.63, 3.8) is 0 Å². The van der Waals surface area contributed by atoms with Crippen molar-refractivity contribution < 1.29 is 0 Å². The largest absolute Gasteiger partial charge is 0.271 e. The molecule has 1 atom stereocenters. The molecule has 0 amide bonds. The fourth-order valence-electron chi connectivity index (χ4n) is 1.75. The molecule has 0 saturated heterocycles. The molecule has 2 aromatic rings. The van der Waals surface area contributed by atoms with Crippen LogP contribution in [-0.2, 0) is 12.8 Å². The van der Waals surface area contributed by atoms with E-state index in [0.717, 1.165) is 18.5 Å². The Kier molecular flexibility index (Phi) is 4.25. The number of hydrazine groups is 1. The number of thiophene rings is 1. The van der Waals surface area contributed by atoms with Gasteiger partial charge < -0.3 is 0 Å². The van der Waals surface area contributed by atoms with Gasteiger partial charge in [-0.05, 0) is 30.7 Å². The number of aromatic nitrogens is 1. The molecule has 3 N–H and O–H groups in total. The van der Waals surface area contributed by atoms with E-state index in [1.54, 1.807) is 6.20 Å². The maximum atomic E-state index is 5.61. The van der Waals surface area contributed by atoms with Crippen LogP contribution in [-0.4, -0.2) is 4.98 Å². The quantitative estimate of drug-likeness (QED) is 0.630. The Morgan fingerprint density at radius 3 is 2.71 bits per heavy atom. The first-order chi connectivity index (χ1) is 8.33. The Morgan fingerprint density at radius 2 is 2.12 bits per heavy atom. The predicted octanol–water partition coefficient (Wildman–Crippen LogP) is 2.45. The lowest BCUT2D eigenvalue weighted by atomic mass is 10.1. The highest BCUT2D eigenvalue weighted by Crippen LogP contribution is 2.22. The molecule has 0 aromatic carbocycles. The minimum atomic E-state index is 0.0829. The molecule has 3 nitrogen and oxygen atoms in total. The minimum Gasteiger partial charge on any atom is -0.271 e. The normalized spacial score (nSPS) is 12.6. The SMILES string of the molecule is CCc1ccc(CC(NN)c2ccccn2)s1. The molecule has 0 saturated carbocycles. The van der Waals surface area contributed by atoms with Crippen molar-refractivity contribution in [1.29, 1.82) is 0 Å². The number of nitrogens with two attached hydrogens (primary N) is 1. The summed E-state index contributed by atoms with van der Waals surface area (Å²) in [4.78, 5) is 7.09. The van der Waals surface area contributed by atoms with E-state index in [4.69, 9.17) is 5.84 Å². The Labute approximate surface area is 106 Å². The predicted molar refractivity (Wildman–Crippen MR) is 71.7 cm³/mol. The Morgan fingerprint density at radius 1 is 1.29 bits per heavy atom. The van der Waals surface area contributed by atoms with Gasteiger partial charge in [-0.3, -0.25) is 16.3 Å². The fraction of sp³-hybridized carbons (Fsp3) is 0.308. The Hall–Kier alpha value is -1.23. The third kappa shape index (κ3) is 3.12. The molecule has 0 aliphatic rings. The summed E-state index contributed by atoms with van der Waals surface area (Å²) in [6.07, 6.45) is 3.78. The highest BCUT2D eigenvalue weighted by molar-refractivity contribution is 7.11. The van der Waals surface area contributed by atoms with E-state index in [0.29, 0.717) is 0 Å². The zero-order chi connectivity index (χ0) is 12.1. The summed E-state index contributed by atoms with van der Waals surface area (Å²) in [5.74, 6) is 5.61. The smallest absolute Gasteiger partial charge is 0.0680 e. The van der Waals surface area contributed by atoms with E-state index in [-0.39, 0.29) is 6.04 Å². The van der Waals surface area contributed by atoms with Gasteiger partial charge in [-0.1, -0.05) is 13.0 Å². The van der Waals surface area contributed by atoms with Gasteiger partial charge in [0.2, 0.25) is 0 Å². The van der Waals surface area contributed by atoms with Gasteiger partial charge >= 0.3 is 0 Å². The van der Waals surface area contributed by atoms with Gasteiger partial charge in [-0.2, -0.15) is 0 Å².